The SMILES string of the molecule is O=C(C[C@@H](NS(=O)(=O)c1cccc(C(F)(F)F)c1)c1ccccc1)N[C@@H]1CCOc2cc(CNC3CC3)ccc21. The highest BCUT2D eigenvalue weighted by Crippen LogP contribution is 2.34. The maximum Gasteiger partial charge on any atom is 0.416 e. The third kappa shape index (κ3) is 7.01. The number of carbonyl (C=O) groups excluding carboxylic acids is 1. The lowest BCUT2D eigenvalue weighted by Gasteiger charge is -2.28. The summed E-state index contributed by atoms with van der Waals surface area (Å²) in [6.45, 7) is 1.16. The second-order valence-electron chi connectivity index (χ2n) is 10.1. The average Bonchev–Trinajstić information content (AvgIpc) is 3.76. The Kier molecular flexibility index (Phi) is 8.16. The van der Waals surface area contributed by atoms with Gasteiger partial charge in [0.05, 0.1) is 29.1 Å². The number of amides is 1. The first-order chi connectivity index (χ1) is 19.1. The van der Waals surface area contributed by atoms with Gasteiger partial charge >= 0.3 is 6.18 Å². The van der Waals surface area contributed by atoms with E-state index in [4.69, 9.17) is 4.74 Å². The Balaban J connectivity index is 1.31. The average molecular weight is 574 g/mol. The molecule has 0 spiro atoms. The van der Waals surface area contributed by atoms with E-state index in [0.29, 0.717) is 36.4 Å². The Bertz CT molecular complexity index is 1460. The molecule has 3 aromatic rings. The molecule has 212 valence electrons. The van der Waals surface area contributed by atoms with Crippen LogP contribution in [0.1, 0.15) is 60.0 Å². The van der Waals surface area contributed by atoms with Gasteiger partial charge in [0.15, 0.2) is 0 Å². The highest BCUT2D eigenvalue weighted by Gasteiger charge is 2.33. The summed E-state index contributed by atoms with van der Waals surface area (Å²) in [5, 5.41) is 6.46. The van der Waals surface area contributed by atoms with Gasteiger partial charge in [0.25, 0.3) is 0 Å². The summed E-state index contributed by atoms with van der Waals surface area (Å²) in [6, 6.07) is 17.1. The van der Waals surface area contributed by atoms with Gasteiger partial charge in [-0.05, 0) is 48.2 Å². The van der Waals surface area contributed by atoms with E-state index in [-0.39, 0.29) is 12.5 Å². The molecule has 3 N–H and O–H groups in total. The van der Waals surface area contributed by atoms with Crippen LogP contribution >= 0.6 is 0 Å². The number of sulfonamides is 1. The Morgan fingerprint density at radius 3 is 2.48 bits per heavy atom. The van der Waals surface area contributed by atoms with Crippen LogP contribution in [-0.4, -0.2) is 27.0 Å². The Hall–Kier alpha value is -3.41. The van der Waals surface area contributed by atoms with Crippen molar-refractivity contribution < 1.29 is 31.1 Å². The number of hydrogen-bond donors (Lipinski definition) is 3. The van der Waals surface area contributed by atoms with E-state index in [1.807, 2.05) is 18.2 Å². The Labute approximate surface area is 231 Å². The van der Waals surface area contributed by atoms with Crippen molar-refractivity contribution in [3.05, 3.63) is 95.1 Å². The van der Waals surface area contributed by atoms with Gasteiger partial charge in [-0.15, -0.1) is 0 Å². The van der Waals surface area contributed by atoms with E-state index in [1.165, 1.54) is 12.8 Å². The zero-order chi connectivity index (χ0) is 28.3. The summed E-state index contributed by atoms with van der Waals surface area (Å²) in [7, 11) is -4.39. The minimum absolute atomic E-state index is 0.252. The highest BCUT2D eigenvalue weighted by molar-refractivity contribution is 7.89. The quantitative estimate of drug-likeness (QED) is 0.317. The van der Waals surface area contributed by atoms with Gasteiger partial charge < -0.3 is 15.4 Å². The van der Waals surface area contributed by atoms with Crippen molar-refractivity contribution in [2.75, 3.05) is 6.61 Å². The van der Waals surface area contributed by atoms with Gasteiger partial charge in [-0.1, -0.05) is 48.5 Å². The molecule has 1 aliphatic carbocycles. The number of carbonyl (C=O) groups is 1. The predicted octanol–water partition coefficient (Wildman–Crippen LogP) is 5.01. The van der Waals surface area contributed by atoms with Crippen molar-refractivity contribution >= 4 is 15.9 Å². The van der Waals surface area contributed by atoms with Crippen molar-refractivity contribution in [1.82, 2.24) is 15.4 Å². The smallest absolute Gasteiger partial charge is 0.416 e. The molecule has 1 fully saturated rings. The predicted molar refractivity (Wildman–Crippen MR) is 143 cm³/mol. The van der Waals surface area contributed by atoms with Crippen LogP contribution < -0.4 is 20.1 Å². The maximum absolute atomic E-state index is 13.2. The number of benzene rings is 3. The van der Waals surface area contributed by atoms with Crippen LogP contribution in [0.4, 0.5) is 13.2 Å². The van der Waals surface area contributed by atoms with Crippen molar-refractivity contribution in [2.24, 2.45) is 0 Å². The summed E-state index contributed by atoms with van der Waals surface area (Å²) in [4.78, 5) is 12.7. The van der Waals surface area contributed by atoms with Gasteiger partial charge in [-0.3, -0.25) is 4.79 Å². The Morgan fingerprint density at radius 1 is 0.975 bits per heavy atom. The monoisotopic (exact) mass is 573 g/mol. The summed E-state index contributed by atoms with van der Waals surface area (Å²) in [6.07, 6.45) is -2.02. The molecule has 40 heavy (non-hydrogen) atoms. The number of halogens is 3. The number of hydrogen-bond acceptors (Lipinski definition) is 5. The third-order valence-corrected chi connectivity index (χ3v) is 8.45. The molecule has 3 aromatic carbocycles. The van der Waals surface area contributed by atoms with Crippen LogP contribution in [0.5, 0.6) is 5.75 Å². The molecule has 11 heteroatoms. The van der Waals surface area contributed by atoms with Crippen molar-refractivity contribution in [3.8, 4) is 5.75 Å². The van der Waals surface area contributed by atoms with Gasteiger partial charge in [-0.25, -0.2) is 13.1 Å². The van der Waals surface area contributed by atoms with Crippen LogP contribution in [0.2, 0.25) is 0 Å². The van der Waals surface area contributed by atoms with Gasteiger partial charge in [0.1, 0.15) is 5.75 Å². The van der Waals surface area contributed by atoms with E-state index >= 15 is 0 Å². The van der Waals surface area contributed by atoms with Crippen LogP contribution in [-0.2, 0) is 27.5 Å². The van der Waals surface area contributed by atoms with E-state index in [9.17, 15) is 26.4 Å². The molecular weight excluding hydrogens is 543 g/mol. The molecule has 2 aliphatic rings. The van der Waals surface area contributed by atoms with E-state index in [0.717, 1.165) is 35.9 Å². The molecule has 1 saturated carbocycles. The van der Waals surface area contributed by atoms with Crippen LogP contribution in [0.15, 0.2) is 77.7 Å². The molecule has 0 unspecified atom stereocenters. The van der Waals surface area contributed by atoms with Crippen molar-refractivity contribution in [2.45, 2.75) is 61.4 Å². The standard InChI is InChI=1S/C29H30F3N3O4S/c30-29(31,32)21-7-4-8-23(16-21)40(37,38)35-26(20-5-2-1-3-6-20)17-28(36)34-25-13-14-39-27-15-19(9-12-24(25)27)18-33-22-10-11-22/h1-9,12,15-16,22,25-26,33,35H,10-11,13-14,17-18H2,(H,34,36)/t25-,26-/m1/s1. The first-order valence-corrected chi connectivity index (χ1v) is 14.6. The van der Waals surface area contributed by atoms with E-state index < -0.39 is 38.6 Å². The van der Waals surface area contributed by atoms with Crippen molar-refractivity contribution in [1.29, 1.82) is 0 Å². The second kappa shape index (κ2) is 11.6. The topological polar surface area (TPSA) is 96.5 Å². The molecule has 7 nitrogen and oxygen atoms in total. The number of nitrogens with one attached hydrogen (secondary N) is 3. The lowest BCUT2D eigenvalue weighted by atomic mass is 9.98. The molecular formula is C29H30F3N3O4S. The molecule has 2 atom stereocenters. The molecule has 0 aromatic heterocycles. The molecule has 0 saturated heterocycles. The molecule has 1 heterocycles. The molecule has 5 rings (SSSR count). The third-order valence-electron chi connectivity index (χ3n) is 6.99. The maximum atomic E-state index is 13.2. The van der Waals surface area contributed by atoms with E-state index in [2.05, 4.69) is 15.4 Å². The van der Waals surface area contributed by atoms with Gasteiger partial charge in [0.2, 0.25) is 15.9 Å². The molecule has 0 bridgehead atoms. The zero-order valence-corrected chi connectivity index (χ0v) is 22.4. The van der Waals surface area contributed by atoms with Crippen LogP contribution in [0, 0.1) is 0 Å². The number of ether oxygens (including phenoxy) is 1. The first kappa shape index (κ1) is 28.1. The largest absolute Gasteiger partial charge is 0.493 e. The summed E-state index contributed by atoms with van der Waals surface area (Å²) in [5.74, 6) is 0.300. The summed E-state index contributed by atoms with van der Waals surface area (Å²) < 4.78 is 74.1. The fourth-order valence-electron chi connectivity index (χ4n) is 4.69. The fraction of sp³-hybridized carbons (Fsp3) is 0.345. The minimum atomic E-state index is -4.70. The van der Waals surface area contributed by atoms with Gasteiger partial charge in [-0.2, -0.15) is 13.2 Å². The Morgan fingerprint density at radius 2 is 1.75 bits per heavy atom. The van der Waals surface area contributed by atoms with Crippen LogP contribution in [0.3, 0.4) is 0 Å². The number of rotatable bonds is 10. The van der Waals surface area contributed by atoms with E-state index in [1.54, 1.807) is 30.3 Å². The lowest BCUT2D eigenvalue weighted by Crippen LogP contribution is -2.36. The first-order valence-electron chi connectivity index (χ1n) is 13.1. The van der Waals surface area contributed by atoms with Crippen LogP contribution in [0.25, 0.3) is 0 Å². The molecule has 1 aliphatic heterocycles. The normalized spacial score (nSPS) is 17.9. The fourth-order valence-corrected chi connectivity index (χ4v) is 5.96. The highest BCUT2D eigenvalue weighted by atomic mass is 32.2. The molecule has 0 radical (unpaired) electrons. The zero-order valence-electron chi connectivity index (χ0n) is 21.6. The number of fused-ring (bicyclic) bond motifs is 1. The lowest BCUT2D eigenvalue weighted by molar-refractivity contribution is -0.137. The second-order valence-corrected chi connectivity index (χ2v) is 11.8. The summed E-state index contributed by atoms with van der Waals surface area (Å²) in [5.41, 5.74) is 1.36. The van der Waals surface area contributed by atoms with Crippen molar-refractivity contribution in [3.63, 3.8) is 0 Å². The molecule has 1 amide bonds. The minimum Gasteiger partial charge on any atom is -0.493 e. The van der Waals surface area contributed by atoms with Gasteiger partial charge in [0, 0.05) is 31.0 Å². The number of alkyl halides is 3. The summed E-state index contributed by atoms with van der Waals surface area (Å²) >= 11 is 0.